The van der Waals surface area contributed by atoms with Crippen LogP contribution in [0.25, 0.3) is 0 Å². The zero-order chi connectivity index (χ0) is 14.8. The predicted octanol–water partition coefficient (Wildman–Crippen LogP) is 2.25. The summed E-state index contributed by atoms with van der Waals surface area (Å²) in [5, 5.41) is 4.43. The predicted molar refractivity (Wildman–Crippen MR) is 79.6 cm³/mol. The molecule has 1 aromatic heterocycles. The number of rotatable bonds is 4. The highest BCUT2D eigenvalue weighted by molar-refractivity contribution is 7.89. The lowest BCUT2D eigenvalue weighted by Crippen LogP contribution is -2.24. The fourth-order valence-electron chi connectivity index (χ4n) is 1.58. The van der Waals surface area contributed by atoms with Gasteiger partial charge in [0.2, 0.25) is 10.0 Å². The number of para-hydroxylation sites is 1. The summed E-state index contributed by atoms with van der Waals surface area (Å²) in [5.74, 6) is -0.318. The minimum atomic E-state index is -3.60. The quantitative estimate of drug-likeness (QED) is 0.942. The Morgan fingerprint density at radius 3 is 2.45 bits per heavy atom. The normalized spacial score (nSPS) is 11.6. The lowest BCUT2D eigenvalue weighted by atomic mass is 10.3. The lowest BCUT2D eigenvalue weighted by Gasteiger charge is -2.15. The Hall–Kier alpha value is -1.70. The third-order valence-corrected chi connectivity index (χ3v) is 5.38. The number of carbonyl (C=O) groups is 1. The number of carbonyl (C=O) groups excluding carboxylic acids is 1. The Labute approximate surface area is 121 Å². The van der Waals surface area contributed by atoms with Gasteiger partial charge in [0.05, 0.1) is 10.6 Å². The van der Waals surface area contributed by atoms with Gasteiger partial charge in [-0.2, -0.15) is 0 Å². The van der Waals surface area contributed by atoms with Crippen molar-refractivity contribution >= 4 is 33.0 Å². The maximum absolute atomic E-state index is 12.2. The number of amides is 1. The van der Waals surface area contributed by atoms with Crippen molar-refractivity contribution in [3.05, 3.63) is 46.7 Å². The zero-order valence-corrected chi connectivity index (χ0v) is 12.7. The highest BCUT2D eigenvalue weighted by atomic mass is 32.2. The van der Waals surface area contributed by atoms with Crippen molar-refractivity contribution in [2.45, 2.75) is 4.90 Å². The summed E-state index contributed by atoms with van der Waals surface area (Å²) in [5.41, 5.74) is 0.277. The second-order valence-corrected chi connectivity index (χ2v) is 7.28. The molecule has 5 nitrogen and oxygen atoms in total. The van der Waals surface area contributed by atoms with Crippen LogP contribution < -0.4 is 5.32 Å². The molecule has 106 valence electrons. The van der Waals surface area contributed by atoms with Crippen molar-refractivity contribution in [2.24, 2.45) is 0 Å². The van der Waals surface area contributed by atoms with Crippen LogP contribution in [0.3, 0.4) is 0 Å². The Kier molecular flexibility index (Phi) is 4.22. The molecule has 2 rings (SSSR count). The molecule has 1 N–H and O–H groups in total. The van der Waals surface area contributed by atoms with Crippen molar-refractivity contribution in [1.29, 1.82) is 0 Å². The van der Waals surface area contributed by atoms with Crippen molar-refractivity contribution in [3.8, 4) is 0 Å². The first-order chi connectivity index (χ1) is 9.43. The van der Waals surface area contributed by atoms with Crippen molar-refractivity contribution in [3.63, 3.8) is 0 Å². The van der Waals surface area contributed by atoms with Gasteiger partial charge in [-0.15, -0.1) is 11.3 Å². The first-order valence-electron chi connectivity index (χ1n) is 5.79. The second kappa shape index (κ2) is 5.74. The number of nitrogens with zero attached hydrogens (tertiary/aromatic N) is 1. The largest absolute Gasteiger partial charge is 0.320 e. The lowest BCUT2D eigenvalue weighted by molar-refractivity contribution is 0.103. The summed E-state index contributed by atoms with van der Waals surface area (Å²) in [7, 11) is -0.697. The molecule has 0 unspecified atom stereocenters. The standard InChI is InChI=1S/C13H14N2O3S2/c1-15(2)20(17,18)12-8-4-3-6-10(12)14-13(16)11-7-5-9-19-11/h3-9H,1-2H3,(H,14,16). The Balaban J connectivity index is 2.37. The van der Waals surface area contributed by atoms with E-state index < -0.39 is 10.0 Å². The molecule has 7 heteroatoms. The number of thiophene rings is 1. The van der Waals surface area contributed by atoms with Gasteiger partial charge in [-0.05, 0) is 23.6 Å². The van der Waals surface area contributed by atoms with Gasteiger partial charge in [-0.3, -0.25) is 4.79 Å². The molecule has 0 spiro atoms. The number of sulfonamides is 1. The summed E-state index contributed by atoms with van der Waals surface area (Å²) in [6.07, 6.45) is 0. The molecule has 0 aliphatic rings. The molecule has 1 amide bonds. The minimum Gasteiger partial charge on any atom is -0.320 e. The van der Waals surface area contributed by atoms with Gasteiger partial charge in [-0.1, -0.05) is 18.2 Å². The number of hydrogen-bond donors (Lipinski definition) is 1. The van der Waals surface area contributed by atoms with Crippen LogP contribution in [0.4, 0.5) is 5.69 Å². The van der Waals surface area contributed by atoms with E-state index >= 15 is 0 Å². The monoisotopic (exact) mass is 310 g/mol. The molecule has 0 saturated heterocycles. The number of anilines is 1. The zero-order valence-electron chi connectivity index (χ0n) is 11.0. The average molecular weight is 310 g/mol. The van der Waals surface area contributed by atoms with Crippen LogP contribution in [0.5, 0.6) is 0 Å². The third-order valence-electron chi connectivity index (χ3n) is 2.64. The maximum atomic E-state index is 12.2. The van der Waals surface area contributed by atoms with E-state index in [2.05, 4.69) is 5.32 Å². The average Bonchev–Trinajstić information content (AvgIpc) is 2.93. The molecule has 0 bridgehead atoms. The van der Waals surface area contributed by atoms with Gasteiger partial charge in [0.25, 0.3) is 5.91 Å². The van der Waals surface area contributed by atoms with E-state index in [-0.39, 0.29) is 16.5 Å². The second-order valence-electron chi connectivity index (χ2n) is 4.22. The fraction of sp³-hybridized carbons (Fsp3) is 0.154. The van der Waals surface area contributed by atoms with Crippen LogP contribution in [-0.4, -0.2) is 32.7 Å². The van der Waals surface area contributed by atoms with Crippen LogP contribution >= 0.6 is 11.3 Å². The number of benzene rings is 1. The van der Waals surface area contributed by atoms with Gasteiger partial charge in [0.1, 0.15) is 4.90 Å². The van der Waals surface area contributed by atoms with Gasteiger partial charge in [-0.25, -0.2) is 12.7 Å². The molecule has 0 atom stereocenters. The molecule has 0 radical (unpaired) electrons. The van der Waals surface area contributed by atoms with Crippen LogP contribution in [0.2, 0.25) is 0 Å². The topological polar surface area (TPSA) is 66.5 Å². The smallest absolute Gasteiger partial charge is 0.265 e. The van der Waals surface area contributed by atoms with Gasteiger partial charge in [0.15, 0.2) is 0 Å². The van der Waals surface area contributed by atoms with E-state index in [0.29, 0.717) is 4.88 Å². The van der Waals surface area contributed by atoms with E-state index in [1.165, 1.54) is 31.5 Å². The van der Waals surface area contributed by atoms with Gasteiger partial charge < -0.3 is 5.32 Å². The molecule has 1 heterocycles. The summed E-state index contributed by atoms with van der Waals surface area (Å²) in [6.45, 7) is 0. The highest BCUT2D eigenvalue weighted by Gasteiger charge is 2.22. The van der Waals surface area contributed by atoms with Crippen LogP contribution in [0, 0.1) is 0 Å². The molecule has 0 aliphatic heterocycles. The van der Waals surface area contributed by atoms with E-state index in [0.717, 1.165) is 4.31 Å². The molecular weight excluding hydrogens is 296 g/mol. The molecule has 20 heavy (non-hydrogen) atoms. The first-order valence-corrected chi connectivity index (χ1v) is 8.11. The Morgan fingerprint density at radius 2 is 1.85 bits per heavy atom. The number of nitrogens with one attached hydrogen (secondary N) is 1. The molecule has 2 aromatic rings. The molecule has 0 saturated carbocycles. The van der Waals surface area contributed by atoms with E-state index in [1.54, 1.807) is 35.7 Å². The highest BCUT2D eigenvalue weighted by Crippen LogP contribution is 2.24. The van der Waals surface area contributed by atoms with Gasteiger partial charge >= 0.3 is 0 Å². The Morgan fingerprint density at radius 1 is 1.15 bits per heavy atom. The fourth-order valence-corrected chi connectivity index (χ4v) is 3.24. The third kappa shape index (κ3) is 2.90. The summed E-state index contributed by atoms with van der Waals surface area (Å²) in [6, 6.07) is 9.79. The minimum absolute atomic E-state index is 0.0786. The molecule has 0 fully saturated rings. The van der Waals surface area contributed by atoms with Crippen molar-refractivity contribution in [1.82, 2.24) is 4.31 Å². The SMILES string of the molecule is CN(C)S(=O)(=O)c1ccccc1NC(=O)c1cccs1. The molecule has 0 aliphatic carbocycles. The van der Waals surface area contributed by atoms with Crippen LogP contribution in [-0.2, 0) is 10.0 Å². The van der Waals surface area contributed by atoms with Crippen molar-refractivity contribution in [2.75, 3.05) is 19.4 Å². The first kappa shape index (κ1) is 14.7. The van der Waals surface area contributed by atoms with Crippen LogP contribution in [0.1, 0.15) is 9.67 Å². The summed E-state index contributed by atoms with van der Waals surface area (Å²) in [4.78, 5) is 12.6. The number of hydrogen-bond acceptors (Lipinski definition) is 4. The maximum Gasteiger partial charge on any atom is 0.265 e. The van der Waals surface area contributed by atoms with Crippen molar-refractivity contribution < 1.29 is 13.2 Å². The summed E-state index contributed by atoms with van der Waals surface area (Å²) >= 11 is 1.30. The molecule has 1 aromatic carbocycles. The molecular formula is C13H14N2O3S2. The van der Waals surface area contributed by atoms with E-state index in [4.69, 9.17) is 0 Å². The Bertz CT molecular complexity index is 707. The summed E-state index contributed by atoms with van der Waals surface area (Å²) < 4.78 is 25.5. The van der Waals surface area contributed by atoms with Crippen LogP contribution in [0.15, 0.2) is 46.7 Å². The van der Waals surface area contributed by atoms with Gasteiger partial charge in [0, 0.05) is 14.1 Å². The van der Waals surface area contributed by atoms with E-state index in [1.807, 2.05) is 0 Å². The van der Waals surface area contributed by atoms with E-state index in [9.17, 15) is 13.2 Å².